The van der Waals surface area contributed by atoms with Crippen molar-refractivity contribution < 1.29 is 9.53 Å². The number of aromatic nitrogens is 2. The summed E-state index contributed by atoms with van der Waals surface area (Å²) in [5.74, 6) is 2.59. The second-order valence-corrected chi connectivity index (χ2v) is 6.27. The quantitative estimate of drug-likeness (QED) is 0.609. The van der Waals surface area contributed by atoms with E-state index in [1.54, 1.807) is 18.3 Å². The average Bonchev–Trinajstić information content (AvgIpc) is 3.02. The van der Waals surface area contributed by atoms with Crippen LogP contribution in [-0.4, -0.2) is 15.3 Å². The first-order valence-corrected chi connectivity index (χ1v) is 8.50. The SMILES string of the molecule is Cc1nccn1CCC(=O)Cc1ccc(Oc2ccc(Cl)cc2)cc1. The molecule has 0 bridgehead atoms. The third-order valence-electron chi connectivity index (χ3n) is 3.93. The standard InChI is InChI=1S/C20H19ClN2O2/c1-15-22-11-13-23(15)12-10-18(24)14-16-2-6-19(7-3-16)25-20-8-4-17(21)5-9-20/h2-9,11,13H,10,12,14H2,1H3. The summed E-state index contributed by atoms with van der Waals surface area (Å²) in [5.41, 5.74) is 0.982. The molecule has 1 aromatic heterocycles. The predicted molar refractivity (Wildman–Crippen MR) is 98.3 cm³/mol. The van der Waals surface area contributed by atoms with E-state index in [4.69, 9.17) is 16.3 Å². The van der Waals surface area contributed by atoms with Crippen LogP contribution >= 0.6 is 11.6 Å². The summed E-state index contributed by atoms with van der Waals surface area (Å²) in [4.78, 5) is 16.3. The first kappa shape index (κ1) is 17.2. The Balaban J connectivity index is 1.52. The first-order valence-electron chi connectivity index (χ1n) is 8.12. The van der Waals surface area contributed by atoms with Gasteiger partial charge in [0.2, 0.25) is 0 Å². The van der Waals surface area contributed by atoms with Gasteiger partial charge in [0.1, 0.15) is 23.1 Å². The molecule has 3 rings (SSSR count). The van der Waals surface area contributed by atoms with Gasteiger partial charge in [-0.15, -0.1) is 0 Å². The topological polar surface area (TPSA) is 44.1 Å². The molecule has 4 nitrogen and oxygen atoms in total. The van der Waals surface area contributed by atoms with E-state index >= 15 is 0 Å². The zero-order valence-electron chi connectivity index (χ0n) is 14.0. The lowest BCUT2D eigenvalue weighted by Gasteiger charge is -2.07. The van der Waals surface area contributed by atoms with Gasteiger partial charge < -0.3 is 9.30 Å². The van der Waals surface area contributed by atoms with E-state index < -0.39 is 0 Å². The molecule has 0 saturated carbocycles. The van der Waals surface area contributed by atoms with Crippen LogP contribution in [0.25, 0.3) is 0 Å². The molecule has 25 heavy (non-hydrogen) atoms. The van der Waals surface area contributed by atoms with Gasteiger partial charge in [0.25, 0.3) is 0 Å². The van der Waals surface area contributed by atoms with Crippen molar-refractivity contribution in [3.05, 3.63) is 77.3 Å². The van der Waals surface area contributed by atoms with E-state index in [0.29, 0.717) is 24.4 Å². The fraction of sp³-hybridized carbons (Fsp3) is 0.200. The van der Waals surface area contributed by atoms with E-state index in [1.807, 2.05) is 54.1 Å². The number of ether oxygens (including phenoxy) is 1. The van der Waals surface area contributed by atoms with Gasteiger partial charge in [0, 0.05) is 36.8 Å². The largest absolute Gasteiger partial charge is 0.457 e. The summed E-state index contributed by atoms with van der Waals surface area (Å²) in [6, 6.07) is 14.8. The van der Waals surface area contributed by atoms with Gasteiger partial charge in [0.05, 0.1) is 0 Å². The van der Waals surface area contributed by atoms with Crippen LogP contribution in [0, 0.1) is 6.92 Å². The molecule has 128 valence electrons. The van der Waals surface area contributed by atoms with E-state index in [9.17, 15) is 4.79 Å². The predicted octanol–water partition coefficient (Wildman–Crippen LogP) is 4.84. The Hall–Kier alpha value is -2.59. The van der Waals surface area contributed by atoms with Crippen molar-refractivity contribution in [3.63, 3.8) is 0 Å². The molecule has 0 aliphatic rings. The van der Waals surface area contributed by atoms with Crippen molar-refractivity contribution in [2.75, 3.05) is 0 Å². The second kappa shape index (κ2) is 7.99. The Kier molecular flexibility index (Phi) is 5.51. The zero-order chi connectivity index (χ0) is 17.6. The molecule has 0 radical (unpaired) electrons. The lowest BCUT2D eigenvalue weighted by atomic mass is 10.1. The van der Waals surface area contributed by atoms with Crippen molar-refractivity contribution in [1.29, 1.82) is 0 Å². The maximum absolute atomic E-state index is 12.1. The van der Waals surface area contributed by atoms with Gasteiger partial charge in [-0.25, -0.2) is 4.98 Å². The summed E-state index contributed by atoms with van der Waals surface area (Å²) >= 11 is 5.86. The summed E-state index contributed by atoms with van der Waals surface area (Å²) in [6.07, 6.45) is 4.57. The van der Waals surface area contributed by atoms with Crippen LogP contribution in [0.5, 0.6) is 11.5 Å². The van der Waals surface area contributed by atoms with Gasteiger partial charge in [0.15, 0.2) is 0 Å². The molecule has 3 aromatic rings. The molecule has 0 spiro atoms. The lowest BCUT2D eigenvalue weighted by Crippen LogP contribution is -2.08. The highest BCUT2D eigenvalue weighted by Gasteiger charge is 2.06. The number of halogens is 1. The molecule has 5 heteroatoms. The highest BCUT2D eigenvalue weighted by Crippen LogP contribution is 2.23. The highest BCUT2D eigenvalue weighted by molar-refractivity contribution is 6.30. The van der Waals surface area contributed by atoms with Crippen LogP contribution in [0.1, 0.15) is 17.8 Å². The molecule has 1 heterocycles. The van der Waals surface area contributed by atoms with E-state index in [1.165, 1.54) is 0 Å². The summed E-state index contributed by atoms with van der Waals surface area (Å²) in [5, 5.41) is 0.673. The summed E-state index contributed by atoms with van der Waals surface area (Å²) in [7, 11) is 0. The molecule has 0 aliphatic heterocycles. The number of hydrogen-bond donors (Lipinski definition) is 0. The van der Waals surface area contributed by atoms with Crippen molar-refractivity contribution in [1.82, 2.24) is 9.55 Å². The smallest absolute Gasteiger partial charge is 0.139 e. The Morgan fingerprint density at radius 2 is 1.72 bits per heavy atom. The Morgan fingerprint density at radius 3 is 2.32 bits per heavy atom. The number of carbonyl (C=O) groups is 1. The van der Waals surface area contributed by atoms with E-state index in [0.717, 1.165) is 22.9 Å². The Labute approximate surface area is 152 Å². The minimum atomic E-state index is 0.208. The molecule has 0 saturated heterocycles. The fourth-order valence-corrected chi connectivity index (χ4v) is 2.64. The number of Topliss-reactive ketones (excluding diaryl/α,β-unsaturated/α-hetero) is 1. The molecule has 0 unspecified atom stereocenters. The van der Waals surface area contributed by atoms with Crippen LogP contribution in [0.15, 0.2) is 60.9 Å². The number of imidazole rings is 1. The van der Waals surface area contributed by atoms with Crippen molar-refractivity contribution in [2.45, 2.75) is 26.3 Å². The number of hydrogen-bond acceptors (Lipinski definition) is 3. The Bertz CT molecular complexity index is 839. The average molecular weight is 355 g/mol. The molecule has 0 amide bonds. The fourth-order valence-electron chi connectivity index (χ4n) is 2.52. The molecular formula is C20H19ClN2O2. The Morgan fingerprint density at radius 1 is 1.08 bits per heavy atom. The molecule has 0 atom stereocenters. The maximum atomic E-state index is 12.1. The van der Waals surface area contributed by atoms with Crippen molar-refractivity contribution in [3.8, 4) is 11.5 Å². The molecular weight excluding hydrogens is 336 g/mol. The minimum Gasteiger partial charge on any atom is -0.457 e. The lowest BCUT2D eigenvalue weighted by molar-refractivity contribution is -0.118. The number of aryl methyl sites for hydroxylation is 2. The first-order chi connectivity index (χ1) is 12.1. The number of rotatable bonds is 7. The maximum Gasteiger partial charge on any atom is 0.139 e. The van der Waals surface area contributed by atoms with E-state index in [2.05, 4.69) is 4.98 Å². The van der Waals surface area contributed by atoms with Crippen molar-refractivity contribution >= 4 is 17.4 Å². The van der Waals surface area contributed by atoms with Crippen LogP contribution in [0.2, 0.25) is 5.02 Å². The zero-order valence-corrected chi connectivity index (χ0v) is 14.7. The number of benzene rings is 2. The van der Waals surface area contributed by atoms with Crippen LogP contribution in [-0.2, 0) is 17.8 Å². The van der Waals surface area contributed by atoms with Crippen LogP contribution in [0.3, 0.4) is 0 Å². The van der Waals surface area contributed by atoms with Gasteiger partial charge in [-0.05, 0) is 48.9 Å². The highest BCUT2D eigenvalue weighted by atomic mass is 35.5. The minimum absolute atomic E-state index is 0.208. The molecule has 0 N–H and O–H groups in total. The molecule has 0 fully saturated rings. The normalized spacial score (nSPS) is 10.6. The molecule has 0 aliphatic carbocycles. The molecule has 2 aromatic carbocycles. The third kappa shape index (κ3) is 4.94. The van der Waals surface area contributed by atoms with Gasteiger partial charge >= 0.3 is 0 Å². The van der Waals surface area contributed by atoms with Gasteiger partial charge in [-0.3, -0.25) is 4.79 Å². The van der Waals surface area contributed by atoms with Gasteiger partial charge in [-0.1, -0.05) is 23.7 Å². The monoisotopic (exact) mass is 354 g/mol. The van der Waals surface area contributed by atoms with Crippen LogP contribution < -0.4 is 4.74 Å². The number of carbonyl (C=O) groups excluding carboxylic acids is 1. The van der Waals surface area contributed by atoms with Gasteiger partial charge in [-0.2, -0.15) is 0 Å². The number of nitrogens with zero attached hydrogens (tertiary/aromatic N) is 2. The van der Waals surface area contributed by atoms with E-state index in [-0.39, 0.29) is 5.78 Å². The summed E-state index contributed by atoms with van der Waals surface area (Å²) in [6.45, 7) is 2.60. The second-order valence-electron chi connectivity index (χ2n) is 5.83. The third-order valence-corrected chi connectivity index (χ3v) is 4.18. The van der Waals surface area contributed by atoms with Crippen LogP contribution in [0.4, 0.5) is 0 Å². The van der Waals surface area contributed by atoms with Crippen molar-refractivity contribution in [2.24, 2.45) is 0 Å². The summed E-state index contributed by atoms with van der Waals surface area (Å²) < 4.78 is 7.74. The number of ketones is 1.